The van der Waals surface area contributed by atoms with Gasteiger partial charge in [-0.15, -0.1) is 17.9 Å². The molecule has 13 nitrogen and oxygen atoms in total. The first-order valence-corrected chi connectivity index (χ1v) is 16.5. The van der Waals surface area contributed by atoms with Gasteiger partial charge in [0.1, 0.15) is 40.5 Å². The molecule has 4 atom stereocenters. The van der Waals surface area contributed by atoms with Gasteiger partial charge < -0.3 is 29.6 Å². The van der Waals surface area contributed by atoms with E-state index in [9.17, 15) is 19.2 Å². The number of anilines is 1. The number of nitrogens with one attached hydrogen (secondary N) is 2. The van der Waals surface area contributed by atoms with Gasteiger partial charge in [0, 0.05) is 42.2 Å². The van der Waals surface area contributed by atoms with Crippen molar-refractivity contribution < 1.29 is 38.1 Å². The first-order valence-electron chi connectivity index (χ1n) is 15.6. The van der Waals surface area contributed by atoms with E-state index in [0.717, 1.165) is 0 Å². The van der Waals surface area contributed by atoms with E-state index >= 15 is 0 Å². The molecule has 3 amide bonds. The number of carbonyl (C=O) groups excluding carboxylic acids is 4. The molecule has 0 bridgehead atoms. The van der Waals surface area contributed by atoms with E-state index in [1.807, 2.05) is 6.07 Å². The third-order valence-electron chi connectivity index (χ3n) is 7.86. The largest absolute Gasteiger partial charge is 0.497 e. The molecule has 1 aliphatic rings. The molecule has 1 saturated heterocycles. The number of likely N-dealkylation sites (tertiary alicyclic amines) is 1. The molecule has 14 heteroatoms. The minimum Gasteiger partial charge on any atom is -0.497 e. The van der Waals surface area contributed by atoms with Gasteiger partial charge in [-0.2, -0.15) is 0 Å². The Labute approximate surface area is 284 Å². The van der Waals surface area contributed by atoms with Crippen molar-refractivity contribution in [3.8, 4) is 22.9 Å². The summed E-state index contributed by atoms with van der Waals surface area (Å²) in [6, 6.07) is 6.07. The molecule has 0 radical (unpaired) electrons. The van der Waals surface area contributed by atoms with Crippen molar-refractivity contribution >= 4 is 51.2 Å². The quantitative estimate of drug-likeness (QED) is 0.200. The number of nitrogens with zero attached hydrogens (tertiary/aromatic N) is 3. The number of rotatable bonds is 11. The number of fused-ring (bicyclic) bond motifs is 1. The van der Waals surface area contributed by atoms with Crippen LogP contribution in [0.4, 0.5) is 9.93 Å². The summed E-state index contributed by atoms with van der Waals surface area (Å²) in [6.45, 7) is 15.6. The Morgan fingerprint density at radius 3 is 2.50 bits per heavy atom. The molecule has 2 N–H and O–H groups in total. The second-order valence-electron chi connectivity index (χ2n) is 12.7. The lowest BCUT2D eigenvalue weighted by molar-refractivity contribution is -0.154. The molecule has 1 aromatic carbocycles. The number of esters is 1. The van der Waals surface area contributed by atoms with Crippen molar-refractivity contribution in [1.29, 1.82) is 0 Å². The lowest BCUT2D eigenvalue weighted by Gasteiger charge is -2.35. The molecule has 4 rings (SSSR count). The molecule has 258 valence electrons. The van der Waals surface area contributed by atoms with E-state index < -0.39 is 47.2 Å². The molecule has 48 heavy (non-hydrogen) atoms. The molecule has 1 fully saturated rings. The van der Waals surface area contributed by atoms with Crippen LogP contribution in [-0.2, 0) is 23.9 Å². The minimum atomic E-state index is -1.44. The zero-order valence-corrected chi connectivity index (χ0v) is 29.4. The van der Waals surface area contributed by atoms with Crippen LogP contribution in [-0.4, -0.2) is 82.3 Å². The van der Waals surface area contributed by atoms with Crippen molar-refractivity contribution in [2.75, 3.05) is 25.6 Å². The van der Waals surface area contributed by atoms with Crippen LogP contribution in [0, 0.1) is 5.92 Å². The van der Waals surface area contributed by atoms with Crippen LogP contribution in [0.5, 0.6) is 11.5 Å². The predicted octanol–water partition coefficient (Wildman–Crippen LogP) is 5.34. The van der Waals surface area contributed by atoms with Crippen molar-refractivity contribution in [3.05, 3.63) is 42.3 Å². The summed E-state index contributed by atoms with van der Waals surface area (Å²) in [6.07, 6.45) is 0.322. The predicted molar refractivity (Wildman–Crippen MR) is 182 cm³/mol. The maximum Gasteiger partial charge on any atom is 0.411 e. The highest BCUT2D eigenvalue weighted by Gasteiger charge is 2.47. The highest BCUT2D eigenvalue weighted by atomic mass is 32.1. The van der Waals surface area contributed by atoms with E-state index in [4.69, 9.17) is 23.9 Å². The number of thiazole rings is 1. The normalized spacial score (nSPS) is 18.0. The first-order chi connectivity index (χ1) is 22.6. The minimum absolute atomic E-state index is 0.0266. The lowest BCUT2D eigenvalue weighted by Crippen LogP contribution is -2.60. The number of methoxy groups -OCH3 is 1. The van der Waals surface area contributed by atoms with Crippen LogP contribution in [0.3, 0.4) is 0 Å². The summed E-state index contributed by atoms with van der Waals surface area (Å²) < 4.78 is 22.9. The van der Waals surface area contributed by atoms with Crippen LogP contribution >= 0.6 is 11.3 Å². The molecule has 3 heterocycles. The number of amides is 3. The Morgan fingerprint density at radius 1 is 1.15 bits per heavy atom. The summed E-state index contributed by atoms with van der Waals surface area (Å²) in [4.78, 5) is 62.6. The molecular formula is C34H43N5O8S. The van der Waals surface area contributed by atoms with Crippen molar-refractivity contribution in [2.24, 2.45) is 5.92 Å². The van der Waals surface area contributed by atoms with E-state index in [0.29, 0.717) is 38.9 Å². The maximum atomic E-state index is 14.0. The van der Waals surface area contributed by atoms with Gasteiger partial charge >= 0.3 is 12.1 Å². The van der Waals surface area contributed by atoms with Crippen LogP contribution in [0.25, 0.3) is 22.3 Å². The standard InChI is InChI=1S/C34H43N5O8S/c1-10-19(3)34(8,30(42)45-11-2)38-29(41)27-15-22(17-39(27)32(43)47-33(5,6)7)46-28-16-25(26-18-48-31(37-26)35-20(4)40)36-24-14-21(44-9)12-13-23(24)28/h10,12-14,16,18-19,22,27H,1,11,15,17H2,2-9H3,(H,38,41)(H,35,37,40). The molecule has 4 unspecified atom stereocenters. The number of hydrogen-bond acceptors (Lipinski definition) is 11. The monoisotopic (exact) mass is 681 g/mol. The van der Waals surface area contributed by atoms with Crippen LogP contribution in [0.2, 0.25) is 0 Å². The number of hydrogen-bond donors (Lipinski definition) is 2. The molecular weight excluding hydrogens is 638 g/mol. The third kappa shape index (κ3) is 8.22. The smallest absolute Gasteiger partial charge is 0.411 e. The zero-order valence-electron chi connectivity index (χ0n) is 28.5. The summed E-state index contributed by atoms with van der Waals surface area (Å²) in [5.41, 5.74) is -0.694. The van der Waals surface area contributed by atoms with E-state index in [-0.39, 0.29) is 25.5 Å². The van der Waals surface area contributed by atoms with Gasteiger partial charge in [-0.05, 0) is 46.8 Å². The second kappa shape index (κ2) is 14.6. The first kappa shape index (κ1) is 36.1. The molecule has 3 aromatic rings. The number of pyridine rings is 1. The van der Waals surface area contributed by atoms with Gasteiger partial charge in [-0.1, -0.05) is 13.0 Å². The zero-order chi connectivity index (χ0) is 35.4. The van der Waals surface area contributed by atoms with Gasteiger partial charge in [-0.3, -0.25) is 14.5 Å². The highest BCUT2D eigenvalue weighted by molar-refractivity contribution is 7.14. The maximum absolute atomic E-state index is 14.0. The average molecular weight is 682 g/mol. The molecule has 0 spiro atoms. The van der Waals surface area contributed by atoms with Gasteiger partial charge in [0.2, 0.25) is 11.8 Å². The second-order valence-corrected chi connectivity index (χ2v) is 13.5. The Bertz CT molecular complexity index is 1700. The van der Waals surface area contributed by atoms with Gasteiger partial charge in [0.05, 0.1) is 31.5 Å². The summed E-state index contributed by atoms with van der Waals surface area (Å²) in [5.74, 6) is -0.878. The fourth-order valence-electron chi connectivity index (χ4n) is 5.17. The van der Waals surface area contributed by atoms with Crippen LogP contribution in [0.15, 0.2) is 42.3 Å². The van der Waals surface area contributed by atoms with Gasteiger partial charge in [0.25, 0.3) is 0 Å². The van der Waals surface area contributed by atoms with Gasteiger partial charge in [-0.25, -0.2) is 19.6 Å². The average Bonchev–Trinajstić information content (AvgIpc) is 3.66. The molecule has 1 aliphatic heterocycles. The van der Waals surface area contributed by atoms with E-state index in [1.165, 1.54) is 23.2 Å². The lowest BCUT2D eigenvalue weighted by atomic mass is 9.86. The number of benzene rings is 1. The molecule has 0 aliphatic carbocycles. The topological polar surface area (TPSA) is 158 Å². The van der Waals surface area contributed by atoms with Gasteiger partial charge in [0.15, 0.2) is 5.13 Å². The SMILES string of the molecule is C=CC(C)C(C)(NC(=O)C1CC(Oc2cc(-c3csc(NC(C)=O)n3)nc3cc(OC)ccc23)CN1C(=O)OC(C)(C)C)C(=O)OCC. The fourth-order valence-corrected chi connectivity index (χ4v) is 5.92. The Hall–Kier alpha value is -4.72. The van der Waals surface area contributed by atoms with Crippen LogP contribution in [0.1, 0.15) is 54.9 Å². The number of aromatic nitrogens is 2. The van der Waals surface area contributed by atoms with E-state index in [2.05, 4.69) is 22.2 Å². The third-order valence-corrected chi connectivity index (χ3v) is 8.62. The highest BCUT2D eigenvalue weighted by Crippen LogP contribution is 2.36. The Morgan fingerprint density at radius 2 is 1.88 bits per heavy atom. The number of ether oxygens (including phenoxy) is 4. The number of carbonyl (C=O) groups is 4. The Balaban J connectivity index is 1.71. The molecule has 2 aromatic heterocycles. The fraction of sp³-hybridized carbons (Fsp3) is 0.471. The van der Waals surface area contributed by atoms with Crippen LogP contribution < -0.4 is 20.1 Å². The summed E-state index contributed by atoms with van der Waals surface area (Å²) in [7, 11) is 1.56. The van der Waals surface area contributed by atoms with Crippen molar-refractivity contribution in [2.45, 2.75) is 78.2 Å². The summed E-state index contributed by atoms with van der Waals surface area (Å²) in [5, 5.41) is 8.38. The Kier molecular flexibility index (Phi) is 11.0. The summed E-state index contributed by atoms with van der Waals surface area (Å²) >= 11 is 1.26. The van der Waals surface area contributed by atoms with E-state index in [1.54, 1.807) is 78.3 Å². The van der Waals surface area contributed by atoms with Crippen molar-refractivity contribution in [1.82, 2.24) is 20.2 Å². The molecule has 0 saturated carbocycles. The van der Waals surface area contributed by atoms with Crippen molar-refractivity contribution in [3.63, 3.8) is 0 Å².